The first-order chi connectivity index (χ1) is 11.7. The quantitative estimate of drug-likeness (QED) is 0.859. The van der Waals surface area contributed by atoms with E-state index in [1.54, 1.807) is 24.2 Å². The van der Waals surface area contributed by atoms with E-state index in [0.29, 0.717) is 11.5 Å². The lowest BCUT2D eigenvalue weighted by Crippen LogP contribution is -2.06. The molecule has 0 amide bonds. The number of anilines is 2. The van der Waals surface area contributed by atoms with Gasteiger partial charge in [-0.1, -0.05) is 6.92 Å². The minimum absolute atomic E-state index is 0.280. The molecule has 6 nitrogen and oxygen atoms in total. The Balaban J connectivity index is 2.08. The van der Waals surface area contributed by atoms with Crippen molar-refractivity contribution in [1.29, 1.82) is 5.26 Å². The topological polar surface area (TPSA) is 101 Å². The van der Waals surface area contributed by atoms with Gasteiger partial charge in [0.1, 0.15) is 17.5 Å². The maximum Gasteiger partial charge on any atom is 0.222 e. The zero-order valence-electron chi connectivity index (χ0n) is 13.4. The molecular formula is C16H18N6S2. The molecule has 1 aliphatic rings. The zero-order valence-corrected chi connectivity index (χ0v) is 15.0. The number of thioether (sulfide) groups is 2. The molecule has 24 heavy (non-hydrogen) atoms. The maximum atomic E-state index is 9.57. The van der Waals surface area contributed by atoms with Crippen LogP contribution in [0.5, 0.6) is 0 Å². The van der Waals surface area contributed by atoms with Gasteiger partial charge < -0.3 is 11.1 Å². The van der Waals surface area contributed by atoms with E-state index in [-0.39, 0.29) is 5.82 Å². The molecule has 124 valence electrons. The fourth-order valence-corrected chi connectivity index (χ4v) is 4.73. The van der Waals surface area contributed by atoms with Gasteiger partial charge in [-0.3, -0.25) is 0 Å². The van der Waals surface area contributed by atoms with Crippen LogP contribution in [0.4, 0.5) is 11.8 Å². The van der Waals surface area contributed by atoms with Crippen LogP contribution in [0.2, 0.25) is 0 Å². The predicted molar refractivity (Wildman–Crippen MR) is 100 cm³/mol. The number of hydrogen-bond donors (Lipinski definition) is 2. The monoisotopic (exact) mass is 358 g/mol. The van der Waals surface area contributed by atoms with Crippen LogP contribution in [-0.4, -0.2) is 33.0 Å². The van der Waals surface area contributed by atoms with E-state index in [0.717, 1.165) is 51.9 Å². The van der Waals surface area contributed by atoms with Crippen molar-refractivity contribution >= 4 is 35.3 Å². The highest BCUT2D eigenvalue weighted by atomic mass is 32.2. The number of nitriles is 1. The minimum atomic E-state index is 0.280. The summed E-state index contributed by atoms with van der Waals surface area (Å²) >= 11 is 3.56. The molecule has 0 radical (unpaired) electrons. The number of nitrogens with zero attached hydrogens (tertiary/aromatic N) is 4. The highest BCUT2D eigenvalue weighted by Crippen LogP contribution is 2.41. The molecule has 0 saturated heterocycles. The Morgan fingerprint density at radius 3 is 2.83 bits per heavy atom. The Bertz CT molecular complexity index is 770. The Hall–Kier alpha value is -1.98. The van der Waals surface area contributed by atoms with Crippen molar-refractivity contribution in [3.05, 3.63) is 23.7 Å². The van der Waals surface area contributed by atoms with E-state index in [1.165, 1.54) is 0 Å². The Morgan fingerprint density at radius 1 is 1.33 bits per heavy atom. The van der Waals surface area contributed by atoms with Crippen LogP contribution in [-0.2, 0) is 5.75 Å². The van der Waals surface area contributed by atoms with Crippen molar-refractivity contribution in [3.63, 3.8) is 0 Å². The first-order valence-electron chi connectivity index (χ1n) is 7.73. The normalized spacial score (nSPS) is 13.7. The molecule has 0 bridgehead atoms. The first kappa shape index (κ1) is 16.9. The molecule has 8 heteroatoms. The first-order valence-corrected chi connectivity index (χ1v) is 9.88. The summed E-state index contributed by atoms with van der Waals surface area (Å²) in [6, 6.07) is 2.20. The second-order valence-corrected chi connectivity index (χ2v) is 7.47. The number of aromatic nitrogens is 3. The lowest BCUT2D eigenvalue weighted by Gasteiger charge is -2.14. The number of fused-ring (bicyclic) bond motifs is 1. The Morgan fingerprint density at radius 2 is 2.12 bits per heavy atom. The summed E-state index contributed by atoms with van der Waals surface area (Å²) in [6.45, 7) is 2.91. The van der Waals surface area contributed by atoms with Crippen molar-refractivity contribution in [3.8, 4) is 17.2 Å². The molecule has 0 aliphatic carbocycles. The Kier molecular flexibility index (Phi) is 5.43. The van der Waals surface area contributed by atoms with Gasteiger partial charge in [-0.2, -0.15) is 17.0 Å². The molecule has 2 aromatic rings. The smallest absolute Gasteiger partial charge is 0.222 e. The van der Waals surface area contributed by atoms with Crippen molar-refractivity contribution in [2.24, 2.45) is 0 Å². The molecule has 3 heterocycles. The summed E-state index contributed by atoms with van der Waals surface area (Å²) < 4.78 is 0. The fourth-order valence-electron chi connectivity index (χ4n) is 2.44. The third-order valence-electron chi connectivity index (χ3n) is 3.55. The van der Waals surface area contributed by atoms with Gasteiger partial charge in [0.15, 0.2) is 0 Å². The average molecular weight is 358 g/mol. The largest absolute Gasteiger partial charge is 0.383 e. The van der Waals surface area contributed by atoms with E-state index in [2.05, 4.69) is 33.3 Å². The van der Waals surface area contributed by atoms with Gasteiger partial charge in [-0.15, -0.1) is 11.8 Å². The Labute approximate surface area is 149 Å². The van der Waals surface area contributed by atoms with Gasteiger partial charge in [-0.25, -0.2) is 15.0 Å². The van der Waals surface area contributed by atoms with Crippen molar-refractivity contribution in [2.75, 3.05) is 29.1 Å². The van der Waals surface area contributed by atoms with Crippen LogP contribution in [0, 0.1) is 11.3 Å². The molecule has 3 N–H and O–H groups in total. The van der Waals surface area contributed by atoms with E-state index < -0.39 is 0 Å². The molecule has 3 rings (SSSR count). The fraction of sp³-hybridized carbons (Fsp3) is 0.375. The highest BCUT2D eigenvalue weighted by molar-refractivity contribution is 8.03. The third-order valence-corrected chi connectivity index (χ3v) is 5.91. The van der Waals surface area contributed by atoms with Gasteiger partial charge in [0.25, 0.3) is 0 Å². The second kappa shape index (κ2) is 7.73. The van der Waals surface area contributed by atoms with Crippen LogP contribution in [0.1, 0.15) is 24.6 Å². The van der Waals surface area contributed by atoms with Crippen LogP contribution in [0.15, 0.2) is 17.3 Å². The molecule has 0 fully saturated rings. The van der Waals surface area contributed by atoms with Gasteiger partial charge in [0, 0.05) is 52.2 Å². The highest BCUT2D eigenvalue weighted by Gasteiger charge is 2.22. The van der Waals surface area contributed by atoms with E-state index in [4.69, 9.17) is 5.73 Å². The summed E-state index contributed by atoms with van der Waals surface area (Å²) in [5.41, 5.74) is 9.01. The van der Waals surface area contributed by atoms with E-state index in [1.807, 2.05) is 11.8 Å². The maximum absolute atomic E-state index is 9.57. The van der Waals surface area contributed by atoms with Crippen LogP contribution >= 0.6 is 23.5 Å². The summed E-state index contributed by atoms with van der Waals surface area (Å²) in [6.07, 6.45) is 4.51. The van der Waals surface area contributed by atoms with Gasteiger partial charge in [0.05, 0.1) is 5.69 Å². The summed E-state index contributed by atoms with van der Waals surface area (Å²) in [4.78, 5) is 14.2. The molecule has 0 unspecified atom stereocenters. The number of nitrogen functional groups attached to an aromatic ring is 1. The summed E-state index contributed by atoms with van der Waals surface area (Å²) in [7, 11) is 0. The number of rotatable bonds is 4. The van der Waals surface area contributed by atoms with Gasteiger partial charge >= 0.3 is 0 Å². The minimum Gasteiger partial charge on any atom is -0.383 e. The number of hydrogen-bond acceptors (Lipinski definition) is 8. The van der Waals surface area contributed by atoms with Crippen molar-refractivity contribution in [2.45, 2.75) is 24.0 Å². The summed E-state index contributed by atoms with van der Waals surface area (Å²) in [5, 5.41) is 12.7. The van der Waals surface area contributed by atoms with E-state index in [9.17, 15) is 5.26 Å². The predicted octanol–water partition coefficient (Wildman–Crippen LogP) is 3.15. The van der Waals surface area contributed by atoms with Crippen LogP contribution in [0.25, 0.3) is 11.1 Å². The zero-order chi connectivity index (χ0) is 16.9. The molecule has 0 saturated carbocycles. The van der Waals surface area contributed by atoms with E-state index >= 15 is 0 Å². The molecular weight excluding hydrogens is 340 g/mol. The van der Waals surface area contributed by atoms with Crippen molar-refractivity contribution in [1.82, 2.24) is 15.0 Å². The molecule has 0 aromatic carbocycles. The van der Waals surface area contributed by atoms with Gasteiger partial charge in [-0.05, 0) is 6.42 Å². The number of nitrogens with one attached hydrogen (secondary N) is 1. The van der Waals surface area contributed by atoms with Gasteiger partial charge in [0.2, 0.25) is 5.95 Å². The number of nitrogens with two attached hydrogens (primary N) is 1. The molecule has 1 aliphatic heterocycles. The number of pyridine rings is 1. The molecule has 0 spiro atoms. The lowest BCUT2D eigenvalue weighted by molar-refractivity contribution is 0.952. The molecule has 0 atom stereocenters. The SMILES string of the molecule is CCCNc1ncc(-c2c(C#N)c(N)nc3c2SCCSC3)cn1. The summed E-state index contributed by atoms with van der Waals surface area (Å²) in [5.74, 6) is 3.72. The standard InChI is InChI=1S/C16H18N6S2/c1-2-3-19-16-20-7-10(8-21-16)13-11(6-17)15(18)22-12-9-23-4-5-24-14(12)13/h7-8H,2-5,9H2,1H3,(H2,18,22)(H,19,20,21). The van der Waals surface area contributed by atoms with Crippen LogP contribution < -0.4 is 11.1 Å². The van der Waals surface area contributed by atoms with Crippen LogP contribution in [0.3, 0.4) is 0 Å². The molecule has 2 aromatic heterocycles. The second-order valence-electron chi connectivity index (χ2n) is 5.26. The average Bonchev–Trinajstić information content (AvgIpc) is 2.84. The third kappa shape index (κ3) is 3.42. The lowest BCUT2D eigenvalue weighted by atomic mass is 10.0. The van der Waals surface area contributed by atoms with Crippen molar-refractivity contribution < 1.29 is 0 Å².